The minimum atomic E-state index is -2.89. The maximum atomic E-state index is 9.66. The molecule has 5 heavy (non-hydrogen) atoms. The van der Waals surface area contributed by atoms with Crippen LogP contribution in [0.4, 0.5) is 0 Å². The molecule has 0 rings (SSSR count). The number of rotatable bonds is 0. The summed E-state index contributed by atoms with van der Waals surface area (Å²) in [6.45, 7) is 0. The maximum Gasteiger partial charge on any atom is -0.168 e. The van der Waals surface area contributed by atoms with Crippen molar-refractivity contribution >= 4 is 41.0 Å². The van der Waals surface area contributed by atoms with Crippen LogP contribution in [0, 0.1) is 0 Å². The lowest BCUT2D eigenvalue weighted by Gasteiger charge is -2.45. The zero-order valence-corrected chi connectivity index (χ0v) is 5.42. The Morgan fingerprint density at radius 1 is 1.60 bits per heavy atom. The first-order valence-electron chi connectivity index (χ1n) is 0.730. The van der Waals surface area contributed by atoms with Crippen LogP contribution >= 0.6 is 4.67 Å². The molecule has 0 fully saturated rings. The zero-order chi connectivity index (χ0) is 4.50. The van der Waals surface area contributed by atoms with Gasteiger partial charge in [-0.2, -0.15) is 11.8 Å². The largest absolute Gasteiger partial charge is 0.856 e. The Balaban J connectivity index is 3.47. The third-order valence-corrected chi connectivity index (χ3v) is 0. The quantitative estimate of drug-likeness (QED) is 0.342. The zero-order valence-electron chi connectivity index (χ0n) is 2.08. The highest BCUT2D eigenvalue weighted by Gasteiger charge is 1.33. The van der Waals surface area contributed by atoms with Crippen molar-refractivity contribution in [3.8, 4) is 0 Å². The fraction of sp³-hybridized carbons (Fsp3) is 0. The van der Waals surface area contributed by atoms with E-state index in [1.807, 2.05) is 0 Å². The van der Waals surface area contributed by atoms with Crippen LogP contribution in [0.2, 0.25) is 0 Å². The van der Waals surface area contributed by atoms with E-state index in [2.05, 4.69) is 36.3 Å². The molecule has 0 aliphatic carbocycles. The Bertz CT molecular complexity index is 53.0. The molecule has 0 aromatic carbocycles. The van der Waals surface area contributed by atoms with Gasteiger partial charge in [0.1, 0.15) is 0 Å². The summed E-state index contributed by atoms with van der Waals surface area (Å²) in [5.41, 5.74) is 0. The predicted octanol–water partition coefficient (Wildman–Crippen LogP) is -0.335. The van der Waals surface area contributed by atoms with Crippen LogP contribution in [0.15, 0.2) is 0 Å². The molecule has 0 aliphatic heterocycles. The van der Waals surface area contributed by atoms with Crippen molar-refractivity contribution in [1.82, 2.24) is 0 Å². The molecule has 32 valence electrons. The molecule has 0 aliphatic rings. The fourth-order valence-electron chi connectivity index (χ4n) is 0. The van der Waals surface area contributed by atoms with Crippen LogP contribution < -0.4 is 4.89 Å². The standard InChI is InChI=1S/H3OPS3/c1-2(3,4)5/h(H3,1,3,4,5)/p-3. The molecule has 0 heterocycles. The van der Waals surface area contributed by atoms with E-state index in [9.17, 15) is 4.89 Å². The maximum absolute atomic E-state index is 9.66. The molecular formula is OPS3-3. The van der Waals surface area contributed by atoms with Gasteiger partial charge in [-0.15, -0.1) is 0 Å². The molecule has 0 aromatic rings. The topological polar surface area (TPSA) is 23.1 Å². The monoisotopic (exact) mass is 143 g/mol. The molecule has 0 amide bonds. The summed E-state index contributed by atoms with van der Waals surface area (Å²) in [4.78, 5) is 9.66. The lowest BCUT2D eigenvalue weighted by molar-refractivity contribution is -0.148. The van der Waals surface area contributed by atoms with Gasteiger partial charge in [0.25, 0.3) is 0 Å². The molecule has 1 nitrogen and oxygen atoms in total. The SMILES string of the molecule is [O-]P(=S)([S-])[S-]. The van der Waals surface area contributed by atoms with E-state index in [1.165, 1.54) is 0 Å². The van der Waals surface area contributed by atoms with Gasteiger partial charge in [0.2, 0.25) is 0 Å². The summed E-state index contributed by atoms with van der Waals surface area (Å²) < 4.78 is -2.89. The normalized spacial score (nSPS) is 11.8. The van der Waals surface area contributed by atoms with Gasteiger partial charge in [-0.1, -0.05) is 0 Å². The number of hydrogen-bond acceptors (Lipinski definition) is 4. The van der Waals surface area contributed by atoms with Crippen molar-refractivity contribution in [2.75, 3.05) is 0 Å². The molecule has 0 N–H and O–H groups in total. The van der Waals surface area contributed by atoms with E-state index in [4.69, 9.17) is 0 Å². The molecule has 0 aromatic heterocycles. The molecule has 0 saturated heterocycles. The van der Waals surface area contributed by atoms with Gasteiger partial charge < -0.3 is 34.1 Å². The van der Waals surface area contributed by atoms with Crippen molar-refractivity contribution in [3.63, 3.8) is 0 Å². The van der Waals surface area contributed by atoms with Crippen LogP contribution in [-0.4, -0.2) is 0 Å². The smallest absolute Gasteiger partial charge is 0.168 e. The Hall–Kier alpha value is 1.31. The van der Waals surface area contributed by atoms with Gasteiger partial charge >= 0.3 is 0 Å². The van der Waals surface area contributed by atoms with E-state index < -0.39 is 4.67 Å². The van der Waals surface area contributed by atoms with Crippen molar-refractivity contribution in [3.05, 3.63) is 0 Å². The summed E-state index contributed by atoms with van der Waals surface area (Å²) in [6.07, 6.45) is 0. The first-order chi connectivity index (χ1) is 2.00. The Kier molecular flexibility index (Phi) is 2.33. The Morgan fingerprint density at radius 3 is 1.60 bits per heavy atom. The second kappa shape index (κ2) is 1.85. The fourth-order valence-corrected chi connectivity index (χ4v) is 0. The molecule has 0 spiro atoms. The van der Waals surface area contributed by atoms with Crippen LogP contribution in [0.25, 0.3) is 0 Å². The van der Waals surface area contributed by atoms with Crippen LogP contribution in [0.5, 0.6) is 0 Å². The second-order valence-corrected chi connectivity index (χ2v) is 8.05. The highest BCUT2D eigenvalue weighted by Crippen LogP contribution is 2.26. The molecule has 0 unspecified atom stereocenters. The van der Waals surface area contributed by atoms with Crippen LogP contribution in [0.3, 0.4) is 0 Å². The van der Waals surface area contributed by atoms with Crippen molar-refractivity contribution in [1.29, 1.82) is 0 Å². The summed E-state index contributed by atoms with van der Waals surface area (Å²) in [7, 11) is 0. The lowest BCUT2D eigenvalue weighted by Crippen LogP contribution is -1.89. The highest BCUT2D eigenvalue weighted by atomic mass is 33.2. The number of hydrogen-bond donors (Lipinski definition) is 0. The van der Waals surface area contributed by atoms with Gasteiger partial charge in [-0.3, -0.25) is 0 Å². The summed E-state index contributed by atoms with van der Waals surface area (Å²) in [5, 5.41) is 0. The van der Waals surface area contributed by atoms with E-state index in [-0.39, 0.29) is 0 Å². The van der Waals surface area contributed by atoms with E-state index >= 15 is 0 Å². The van der Waals surface area contributed by atoms with Gasteiger partial charge in [0.05, 0.1) is 0 Å². The van der Waals surface area contributed by atoms with E-state index in [1.54, 1.807) is 0 Å². The summed E-state index contributed by atoms with van der Waals surface area (Å²) in [5.74, 6) is 0. The molecule has 0 atom stereocenters. The van der Waals surface area contributed by atoms with Crippen LogP contribution in [0.1, 0.15) is 0 Å². The lowest BCUT2D eigenvalue weighted by atomic mass is 15.9. The van der Waals surface area contributed by atoms with Gasteiger partial charge in [-0.05, 0) is 0 Å². The third-order valence-electron chi connectivity index (χ3n) is 0. The van der Waals surface area contributed by atoms with Gasteiger partial charge in [0, 0.05) is 0 Å². The predicted molar refractivity (Wildman–Crippen MR) is 29.0 cm³/mol. The first-order valence-corrected chi connectivity index (χ1v) is 5.48. The van der Waals surface area contributed by atoms with Crippen molar-refractivity contribution < 1.29 is 4.89 Å². The highest BCUT2D eigenvalue weighted by molar-refractivity contribution is 8.79. The van der Waals surface area contributed by atoms with Crippen molar-refractivity contribution in [2.24, 2.45) is 0 Å². The minimum absolute atomic E-state index is 2.89. The Labute approximate surface area is 46.2 Å². The van der Waals surface area contributed by atoms with Crippen LogP contribution in [-0.2, 0) is 36.3 Å². The second-order valence-electron chi connectivity index (χ2n) is 0.447. The molecule has 0 saturated carbocycles. The Morgan fingerprint density at radius 2 is 1.60 bits per heavy atom. The molecular weight excluding hydrogens is 143 g/mol. The first kappa shape index (κ1) is 6.31. The third kappa shape index (κ3) is 33.9. The average molecular weight is 143 g/mol. The van der Waals surface area contributed by atoms with Crippen molar-refractivity contribution in [2.45, 2.75) is 0 Å². The average Bonchev–Trinajstić information content (AvgIpc) is 0.722. The summed E-state index contributed by atoms with van der Waals surface area (Å²) >= 11 is 12.0. The molecule has 0 bridgehead atoms. The summed E-state index contributed by atoms with van der Waals surface area (Å²) in [6, 6.07) is 0. The molecule has 0 radical (unpaired) electrons. The minimum Gasteiger partial charge on any atom is -0.856 e. The van der Waals surface area contributed by atoms with Gasteiger partial charge in [-0.25, -0.2) is 0 Å². The van der Waals surface area contributed by atoms with Gasteiger partial charge in [0.15, 0.2) is 0 Å². The van der Waals surface area contributed by atoms with E-state index in [0.717, 1.165) is 0 Å². The van der Waals surface area contributed by atoms with E-state index in [0.29, 0.717) is 0 Å². The molecule has 5 heteroatoms.